The van der Waals surface area contributed by atoms with Crippen LogP contribution in [-0.4, -0.2) is 65.4 Å². The molecule has 1 unspecified atom stereocenters. The van der Waals surface area contributed by atoms with Crippen molar-refractivity contribution in [1.29, 1.82) is 5.26 Å². The molecule has 8 heteroatoms. The number of amides is 2. The second kappa shape index (κ2) is 9.14. The molecule has 0 bridgehead atoms. The first kappa shape index (κ1) is 21.3. The molecule has 2 fully saturated rings. The topological polar surface area (TPSA) is 80.5 Å². The zero-order valence-corrected chi connectivity index (χ0v) is 18.9. The van der Waals surface area contributed by atoms with E-state index >= 15 is 0 Å². The van der Waals surface area contributed by atoms with Gasteiger partial charge in [-0.2, -0.15) is 5.26 Å². The van der Waals surface area contributed by atoms with Gasteiger partial charge in [0.1, 0.15) is 0 Å². The number of benzene rings is 2. The lowest BCUT2D eigenvalue weighted by Crippen LogP contribution is -2.52. The fraction of sp³-hybridized carbons (Fsp3) is 0.280. The third-order valence-electron chi connectivity index (χ3n) is 6.35. The summed E-state index contributed by atoms with van der Waals surface area (Å²) < 4.78 is 0. The summed E-state index contributed by atoms with van der Waals surface area (Å²) in [7, 11) is 0. The highest BCUT2D eigenvalue weighted by Gasteiger charge is 2.36. The van der Waals surface area contributed by atoms with Crippen molar-refractivity contribution in [2.45, 2.75) is 12.5 Å². The van der Waals surface area contributed by atoms with Crippen molar-refractivity contribution in [2.24, 2.45) is 0 Å². The molecule has 166 valence electrons. The fourth-order valence-corrected chi connectivity index (χ4v) is 5.21. The molecule has 2 aliphatic rings. The number of piperazine rings is 1. The first-order valence-electron chi connectivity index (χ1n) is 11.0. The van der Waals surface area contributed by atoms with Crippen LogP contribution in [0.2, 0.25) is 0 Å². The second-order valence-electron chi connectivity index (χ2n) is 8.24. The van der Waals surface area contributed by atoms with Gasteiger partial charge in [-0.05, 0) is 29.3 Å². The molecule has 2 saturated heterocycles. The standard InChI is InChI=1S/C25H23N5O2S/c26-16-19-4-1-2-7-22(19)18-5-3-6-20(14-18)30-17-21(15-23(30)31)28-9-11-29(12-10-28)25(32)24-27-8-13-33-24/h1-8,13-14,21H,9-12,15,17H2. The minimum atomic E-state index is -0.0109. The van der Waals surface area contributed by atoms with Crippen LogP contribution in [-0.2, 0) is 4.79 Å². The van der Waals surface area contributed by atoms with Gasteiger partial charge in [0.05, 0.1) is 11.6 Å². The SMILES string of the molecule is N#Cc1ccccc1-c1cccc(N2CC(N3CCN(C(=O)c4nccs4)CC3)CC2=O)c1. The Morgan fingerprint density at radius 3 is 2.67 bits per heavy atom. The van der Waals surface area contributed by atoms with Gasteiger partial charge in [-0.25, -0.2) is 4.98 Å². The van der Waals surface area contributed by atoms with Crippen molar-refractivity contribution in [1.82, 2.24) is 14.8 Å². The zero-order valence-electron chi connectivity index (χ0n) is 18.1. The van der Waals surface area contributed by atoms with E-state index in [-0.39, 0.29) is 17.9 Å². The number of nitriles is 1. The van der Waals surface area contributed by atoms with Crippen LogP contribution in [0.5, 0.6) is 0 Å². The van der Waals surface area contributed by atoms with Crippen molar-refractivity contribution >= 4 is 28.8 Å². The maximum absolute atomic E-state index is 12.9. The van der Waals surface area contributed by atoms with Gasteiger partial charge in [0.15, 0.2) is 5.01 Å². The molecule has 2 amide bonds. The molecule has 33 heavy (non-hydrogen) atoms. The molecule has 5 rings (SSSR count). The van der Waals surface area contributed by atoms with Gasteiger partial charge >= 0.3 is 0 Å². The van der Waals surface area contributed by atoms with Crippen molar-refractivity contribution in [2.75, 3.05) is 37.6 Å². The van der Waals surface area contributed by atoms with Gasteiger partial charge in [-0.1, -0.05) is 30.3 Å². The smallest absolute Gasteiger partial charge is 0.282 e. The van der Waals surface area contributed by atoms with Gasteiger partial charge in [-0.15, -0.1) is 11.3 Å². The highest BCUT2D eigenvalue weighted by Crippen LogP contribution is 2.30. The average molecular weight is 458 g/mol. The summed E-state index contributed by atoms with van der Waals surface area (Å²) >= 11 is 1.37. The minimum absolute atomic E-state index is 0.0109. The van der Waals surface area contributed by atoms with E-state index in [2.05, 4.69) is 16.0 Å². The van der Waals surface area contributed by atoms with Crippen molar-refractivity contribution in [3.63, 3.8) is 0 Å². The summed E-state index contributed by atoms with van der Waals surface area (Å²) in [6.45, 7) is 3.41. The number of aromatic nitrogens is 1. The normalized spacial score (nSPS) is 19.0. The first-order chi connectivity index (χ1) is 16.1. The quantitative estimate of drug-likeness (QED) is 0.601. The summed E-state index contributed by atoms with van der Waals surface area (Å²) in [5.41, 5.74) is 3.26. The summed E-state index contributed by atoms with van der Waals surface area (Å²) in [5.74, 6) is 0.0928. The van der Waals surface area contributed by atoms with Crippen LogP contribution in [0, 0.1) is 11.3 Å². The Kier molecular flexibility index (Phi) is 5.90. The maximum atomic E-state index is 12.9. The molecular weight excluding hydrogens is 434 g/mol. The van der Waals surface area contributed by atoms with Gasteiger partial charge in [0.2, 0.25) is 5.91 Å². The van der Waals surface area contributed by atoms with E-state index < -0.39 is 0 Å². The monoisotopic (exact) mass is 457 g/mol. The Bertz CT molecular complexity index is 1210. The zero-order chi connectivity index (χ0) is 22.8. The molecule has 7 nitrogen and oxygen atoms in total. The number of rotatable bonds is 4. The third-order valence-corrected chi connectivity index (χ3v) is 7.12. The molecule has 0 radical (unpaired) electrons. The summed E-state index contributed by atoms with van der Waals surface area (Å²) in [6, 6.07) is 17.7. The van der Waals surface area contributed by atoms with Crippen LogP contribution >= 0.6 is 11.3 Å². The lowest BCUT2D eigenvalue weighted by molar-refractivity contribution is -0.117. The fourth-order valence-electron chi connectivity index (χ4n) is 4.61. The van der Waals surface area contributed by atoms with Gasteiger partial charge < -0.3 is 9.80 Å². The molecule has 0 aliphatic carbocycles. The van der Waals surface area contributed by atoms with E-state index in [0.717, 1.165) is 29.9 Å². The van der Waals surface area contributed by atoms with Gasteiger partial charge in [0.25, 0.3) is 5.91 Å². The summed E-state index contributed by atoms with van der Waals surface area (Å²) in [6.07, 6.45) is 2.13. The maximum Gasteiger partial charge on any atom is 0.282 e. The van der Waals surface area contributed by atoms with Gasteiger partial charge in [-0.3, -0.25) is 14.5 Å². The number of hydrogen-bond acceptors (Lipinski definition) is 6. The third kappa shape index (κ3) is 4.25. The average Bonchev–Trinajstić information content (AvgIpc) is 3.54. The largest absolute Gasteiger partial charge is 0.334 e. The van der Waals surface area contributed by atoms with Crippen LogP contribution in [0.3, 0.4) is 0 Å². The molecule has 3 aromatic rings. The number of carbonyl (C=O) groups is 2. The van der Waals surface area contributed by atoms with Crippen LogP contribution in [0.1, 0.15) is 21.8 Å². The number of thiazole rings is 1. The molecule has 1 aromatic heterocycles. The number of anilines is 1. The molecule has 0 saturated carbocycles. The first-order valence-corrected chi connectivity index (χ1v) is 11.8. The van der Waals surface area contributed by atoms with Crippen molar-refractivity contribution < 1.29 is 9.59 Å². The molecule has 2 aromatic carbocycles. The Morgan fingerprint density at radius 2 is 1.91 bits per heavy atom. The molecule has 3 heterocycles. The predicted molar refractivity (Wildman–Crippen MR) is 127 cm³/mol. The molecule has 2 aliphatic heterocycles. The van der Waals surface area contributed by atoms with E-state index in [9.17, 15) is 14.9 Å². The van der Waals surface area contributed by atoms with Crippen LogP contribution in [0.4, 0.5) is 5.69 Å². The highest BCUT2D eigenvalue weighted by molar-refractivity contribution is 7.11. The second-order valence-corrected chi connectivity index (χ2v) is 9.13. The van der Waals surface area contributed by atoms with Crippen LogP contribution in [0.15, 0.2) is 60.1 Å². The van der Waals surface area contributed by atoms with Gasteiger partial charge in [0, 0.05) is 62.5 Å². The van der Waals surface area contributed by atoms with Crippen LogP contribution < -0.4 is 4.90 Å². The number of carbonyl (C=O) groups excluding carboxylic acids is 2. The number of hydrogen-bond donors (Lipinski definition) is 0. The Hall–Kier alpha value is -3.54. The Labute approximate surface area is 196 Å². The molecule has 0 N–H and O–H groups in total. The van der Waals surface area contributed by atoms with E-state index in [4.69, 9.17) is 0 Å². The lowest BCUT2D eigenvalue weighted by atomic mass is 10.00. The lowest BCUT2D eigenvalue weighted by Gasteiger charge is -2.37. The van der Waals surface area contributed by atoms with Crippen molar-refractivity contribution in [3.8, 4) is 17.2 Å². The molecule has 1 atom stereocenters. The molecule has 0 spiro atoms. The highest BCUT2D eigenvalue weighted by atomic mass is 32.1. The van der Waals surface area contributed by atoms with E-state index in [1.54, 1.807) is 12.3 Å². The van der Waals surface area contributed by atoms with E-state index in [1.165, 1.54) is 11.3 Å². The minimum Gasteiger partial charge on any atom is -0.334 e. The number of nitrogens with zero attached hydrogens (tertiary/aromatic N) is 5. The predicted octanol–water partition coefficient (Wildman–Crippen LogP) is 3.25. The molecular formula is C25H23N5O2S. The summed E-state index contributed by atoms with van der Waals surface area (Å²) in [4.78, 5) is 35.6. The summed E-state index contributed by atoms with van der Waals surface area (Å²) in [5, 5.41) is 11.8. The Morgan fingerprint density at radius 1 is 1.09 bits per heavy atom. The van der Waals surface area contributed by atoms with Crippen molar-refractivity contribution in [3.05, 3.63) is 70.7 Å². The van der Waals surface area contributed by atoms with E-state index in [1.807, 2.05) is 57.6 Å². The van der Waals surface area contributed by atoms with E-state index in [0.29, 0.717) is 36.6 Å². The Balaban J connectivity index is 1.26. The van der Waals surface area contributed by atoms with Crippen LogP contribution in [0.25, 0.3) is 11.1 Å².